The number of ether oxygens (including phenoxy) is 2. The van der Waals surface area contributed by atoms with Gasteiger partial charge >= 0.3 is 0 Å². The second-order valence-electron chi connectivity index (χ2n) is 7.55. The van der Waals surface area contributed by atoms with Crippen molar-refractivity contribution >= 4 is 5.91 Å². The zero-order chi connectivity index (χ0) is 17.9. The minimum absolute atomic E-state index is 0.0564. The Bertz CT molecular complexity index is 350. The summed E-state index contributed by atoms with van der Waals surface area (Å²) in [5, 5.41) is 9.29. The van der Waals surface area contributed by atoms with Gasteiger partial charge in [0.25, 0.3) is 0 Å². The largest absolute Gasteiger partial charge is 0.354 e. The van der Waals surface area contributed by atoms with Crippen molar-refractivity contribution in [1.29, 1.82) is 0 Å². The van der Waals surface area contributed by atoms with Crippen LogP contribution in [0.4, 0.5) is 0 Å². The van der Waals surface area contributed by atoms with Crippen LogP contribution in [0.2, 0.25) is 0 Å². The van der Waals surface area contributed by atoms with E-state index in [-0.39, 0.29) is 11.4 Å². The molecule has 1 amide bonds. The fourth-order valence-electron chi connectivity index (χ4n) is 2.84. The summed E-state index contributed by atoms with van der Waals surface area (Å²) in [6, 6.07) is 0. The van der Waals surface area contributed by atoms with Gasteiger partial charge in [-0.1, -0.05) is 6.42 Å². The van der Waals surface area contributed by atoms with Crippen LogP contribution in [0, 0.1) is 0 Å². The average molecular weight is 344 g/mol. The minimum atomic E-state index is -0.465. The van der Waals surface area contributed by atoms with Crippen LogP contribution >= 0.6 is 0 Å². The molecule has 0 atom stereocenters. The third kappa shape index (κ3) is 9.57. The lowest BCUT2D eigenvalue weighted by atomic mass is 9.94. The highest BCUT2D eigenvalue weighted by atomic mass is 16.7. The first-order chi connectivity index (χ1) is 11.4. The van der Waals surface area contributed by atoms with Gasteiger partial charge in [-0.15, -0.1) is 0 Å². The number of rotatable bonds is 11. The molecule has 0 radical (unpaired) electrons. The Morgan fingerprint density at radius 3 is 2.21 bits per heavy atom. The topological polar surface area (TPSA) is 71.6 Å². The SMILES string of the molecule is CNCCC(=O)NCCOC1(OCCNC(C)(C)C)CCCCC1. The van der Waals surface area contributed by atoms with Crippen molar-refractivity contribution < 1.29 is 14.3 Å². The van der Waals surface area contributed by atoms with E-state index in [1.54, 1.807) is 0 Å². The molecule has 0 saturated heterocycles. The summed E-state index contributed by atoms with van der Waals surface area (Å²) < 4.78 is 12.2. The Balaban J connectivity index is 2.29. The molecule has 142 valence electrons. The second-order valence-corrected chi connectivity index (χ2v) is 7.55. The van der Waals surface area contributed by atoms with Gasteiger partial charge in [-0.05, 0) is 40.7 Å². The molecule has 1 fully saturated rings. The number of hydrogen-bond acceptors (Lipinski definition) is 5. The second kappa shape index (κ2) is 11.0. The first kappa shape index (κ1) is 21.4. The van der Waals surface area contributed by atoms with Crippen LogP contribution in [0.1, 0.15) is 59.3 Å². The van der Waals surface area contributed by atoms with Crippen LogP contribution in [0.3, 0.4) is 0 Å². The molecule has 3 N–H and O–H groups in total. The molecule has 0 spiro atoms. The molecule has 0 heterocycles. The Morgan fingerprint density at radius 1 is 1.00 bits per heavy atom. The molecule has 6 heteroatoms. The monoisotopic (exact) mass is 343 g/mol. The lowest BCUT2D eigenvalue weighted by Gasteiger charge is -2.37. The van der Waals surface area contributed by atoms with Crippen molar-refractivity contribution in [2.45, 2.75) is 70.6 Å². The normalized spacial score (nSPS) is 17.7. The van der Waals surface area contributed by atoms with E-state index in [0.717, 1.165) is 32.2 Å². The average Bonchev–Trinajstić information content (AvgIpc) is 2.54. The quantitative estimate of drug-likeness (QED) is 0.394. The molecule has 1 aliphatic carbocycles. The first-order valence-electron chi connectivity index (χ1n) is 9.31. The van der Waals surface area contributed by atoms with Crippen LogP contribution in [0.25, 0.3) is 0 Å². The van der Waals surface area contributed by atoms with Crippen LogP contribution in [-0.4, -0.2) is 57.1 Å². The Labute approximate surface area is 147 Å². The summed E-state index contributed by atoms with van der Waals surface area (Å²) in [6.45, 7) is 9.64. The molecule has 1 saturated carbocycles. The molecule has 1 rings (SSSR count). The van der Waals surface area contributed by atoms with Gasteiger partial charge in [0.15, 0.2) is 5.79 Å². The van der Waals surface area contributed by atoms with E-state index in [1.165, 1.54) is 6.42 Å². The maximum Gasteiger partial charge on any atom is 0.221 e. The van der Waals surface area contributed by atoms with Gasteiger partial charge < -0.3 is 25.4 Å². The molecular weight excluding hydrogens is 306 g/mol. The van der Waals surface area contributed by atoms with Gasteiger partial charge in [0, 0.05) is 44.4 Å². The maximum absolute atomic E-state index is 11.6. The van der Waals surface area contributed by atoms with Gasteiger partial charge in [-0.2, -0.15) is 0 Å². The van der Waals surface area contributed by atoms with Crippen LogP contribution < -0.4 is 16.0 Å². The van der Waals surface area contributed by atoms with Crippen LogP contribution in [0.5, 0.6) is 0 Å². The van der Waals surface area contributed by atoms with E-state index in [9.17, 15) is 4.79 Å². The van der Waals surface area contributed by atoms with Crippen molar-refractivity contribution in [1.82, 2.24) is 16.0 Å². The highest BCUT2D eigenvalue weighted by molar-refractivity contribution is 5.75. The fourth-order valence-corrected chi connectivity index (χ4v) is 2.84. The third-order valence-electron chi connectivity index (χ3n) is 4.13. The number of hydrogen-bond donors (Lipinski definition) is 3. The molecule has 0 aliphatic heterocycles. The lowest BCUT2D eigenvalue weighted by Crippen LogP contribution is -2.44. The third-order valence-corrected chi connectivity index (χ3v) is 4.13. The van der Waals surface area contributed by atoms with Crippen molar-refractivity contribution in [3.8, 4) is 0 Å². The summed E-state index contributed by atoms with van der Waals surface area (Å²) in [5.41, 5.74) is 0.0988. The van der Waals surface area contributed by atoms with Gasteiger partial charge in [-0.3, -0.25) is 4.79 Å². The number of nitrogens with one attached hydrogen (secondary N) is 3. The van der Waals surface area contributed by atoms with E-state index >= 15 is 0 Å². The van der Waals surface area contributed by atoms with E-state index in [1.807, 2.05) is 7.05 Å². The maximum atomic E-state index is 11.6. The first-order valence-corrected chi connectivity index (χ1v) is 9.31. The van der Waals surface area contributed by atoms with Gasteiger partial charge in [-0.25, -0.2) is 0 Å². The molecule has 0 unspecified atom stereocenters. The Morgan fingerprint density at radius 2 is 1.62 bits per heavy atom. The lowest BCUT2D eigenvalue weighted by molar-refractivity contribution is -0.251. The summed E-state index contributed by atoms with van der Waals surface area (Å²) in [5.74, 6) is -0.408. The van der Waals surface area contributed by atoms with E-state index in [0.29, 0.717) is 32.7 Å². The summed E-state index contributed by atoms with van der Waals surface area (Å²) in [4.78, 5) is 11.6. The van der Waals surface area contributed by atoms with Crippen molar-refractivity contribution in [3.05, 3.63) is 0 Å². The predicted molar refractivity (Wildman–Crippen MR) is 97.0 cm³/mol. The summed E-state index contributed by atoms with van der Waals surface area (Å²) in [6.07, 6.45) is 5.90. The van der Waals surface area contributed by atoms with Crippen molar-refractivity contribution in [2.75, 3.05) is 39.9 Å². The molecule has 0 aromatic heterocycles. The summed E-state index contributed by atoms with van der Waals surface area (Å²) in [7, 11) is 1.84. The molecule has 0 aromatic carbocycles. The van der Waals surface area contributed by atoms with Crippen LogP contribution in [-0.2, 0) is 14.3 Å². The fraction of sp³-hybridized carbons (Fsp3) is 0.944. The van der Waals surface area contributed by atoms with E-state index in [2.05, 4.69) is 36.7 Å². The number of carbonyl (C=O) groups is 1. The Hall–Kier alpha value is -0.690. The molecule has 0 aromatic rings. The van der Waals surface area contributed by atoms with Crippen molar-refractivity contribution in [3.63, 3.8) is 0 Å². The van der Waals surface area contributed by atoms with Gasteiger partial charge in [0.2, 0.25) is 5.91 Å². The number of amides is 1. The minimum Gasteiger partial charge on any atom is -0.354 e. The Kier molecular flexibility index (Phi) is 9.81. The van der Waals surface area contributed by atoms with Crippen molar-refractivity contribution in [2.24, 2.45) is 0 Å². The molecule has 0 bridgehead atoms. The molecule has 6 nitrogen and oxygen atoms in total. The van der Waals surface area contributed by atoms with Gasteiger partial charge in [0.05, 0.1) is 13.2 Å². The molecular formula is C18H37N3O3. The highest BCUT2D eigenvalue weighted by Gasteiger charge is 2.33. The van der Waals surface area contributed by atoms with Crippen LogP contribution in [0.15, 0.2) is 0 Å². The highest BCUT2D eigenvalue weighted by Crippen LogP contribution is 2.32. The molecule has 1 aliphatic rings. The van der Waals surface area contributed by atoms with E-state index in [4.69, 9.17) is 9.47 Å². The van der Waals surface area contributed by atoms with Gasteiger partial charge in [0.1, 0.15) is 0 Å². The zero-order valence-electron chi connectivity index (χ0n) is 16.0. The predicted octanol–water partition coefficient (Wildman–Crippen LogP) is 1.79. The van der Waals surface area contributed by atoms with E-state index < -0.39 is 5.79 Å². The standard InChI is InChI=1S/C18H37N3O3/c1-17(2,3)21-13-15-24-18(9-6-5-7-10-18)23-14-12-20-16(22)8-11-19-4/h19,21H,5-15H2,1-4H3,(H,20,22). The molecule has 24 heavy (non-hydrogen) atoms. The smallest absolute Gasteiger partial charge is 0.221 e. The number of carbonyl (C=O) groups excluding carboxylic acids is 1. The zero-order valence-corrected chi connectivity index (χ0v) is 16.0. The summed E-state index contributed by atoms with van der Waals surface area (Å²) >= 11 is 0.